The van der Waals surface area contributed by atoms with E-state index in [1.165, 1.54) is 16.8 Å². The van der Waals surface area contributed by atoms with Crippen LogP contribution in [-0.4, -0.2) is 22.8 Å². The highest BCUT2D eigenvalue weighted by atomic mass is 19.1. The number of benzene rings is 3. The van der Waals surface area contributed by atoms with Gasteiger partial charge in [-0.25, -0.2) is 9.07 Å². The zero-order chi connectivity index (χ0) is 21.6. The number of carbonyl (C=O) groups excluding carboxylic acids is 1. The van der Waals surface area contributed by atoms with E-state index in [2.05, 4.69) is 10.4 Å². The third-order valence-electron chi connectivity index (χ3n) is 4.55. The smallest absolute Gasteiger partial charge is 0.280 e. The van der Waals surface area contributed by atoms with E-state index in [1.54, 1.807) is 49.7 Å². The number of nitrogens with zero attached hydrogens (tertiary/aromatic N) is 2. The monoisotopic (exact) mass is 417 g/mol. The van der Waals surface area contributed by atoms with Gasteiger partial charge in [0.05, 0.1) is 19.0 Å². The first-order chi connectivity index (χ1) is 15.1. The summed E-state index contributed by atoms with van der Waals surface area (Å²) < 4.78 is 25.9. The Kier molecular flexibility index (Phi) is 5.93. The van der Waals surface area contributed by atoms with Crippen molar-refractivity contribution in [2.24, 2.45) is 0 Å². The number of hydrogen-bond donors (Lipinski definition) is 1. The van der Waals surface area contributed by atoms with E-state index in [4.69, 9.17) is 9.47 Å². The number of carbonyl (C=O) groups is 1. The van der Waals surface area contributed by atoms with Crippen LogP contribution in [0.5, 0.6) is 11.5 Å². The number of ether oxygens (including phenoxy) is 2. The number of methoxy groups -OCH3 is 1. The number of aromatic nitrogens is 2. The molecule has 1 amide bonds. The predicted molar refractivity (Wildman–Crippen MR) is 115 cm³/mol. The van der Waals surface area contributed by atoms with E-state index in [0.717, 1.165) is 5.56 Å². The molecule has 0 unspecified atom stereocenters. The van der Waals surface area contributed by atoms with Gasteiger partial charge in [0, 0.05) is 11.8 Å². The molecule has 0 radical (unpaired) electrons. The molecule has 0 aliphatic heterocycles. The molecule has 0 aliphatic carbocycles. The minimum absolute atomic E-state index is 0.114. The van der Waals surface area contributed by atoms with Gasteiger partial charge in [0.25, 0.3) is 5.91 Å². The van der Waals surface area contributed by atoms with Gasteiger partial charge in [0.2, 0.25) is 0 Å². The molecule has 31 heavy (non-hydrogen) atoms. The minimum Gasteiger partial charge on any atom is -0.497 e. The Morgan fingerprint density at radius 3 is 2.55 bits per heavy atom. The minimum atomic E-state index is -0.433. The molecule has 4 rings (SSSR count). The lowest BCUT2D eigenvalue weighted by molar-refractivity contribution is 0.101. The molecule has 1 aromatic heterocycles. The molecule has 0 aliphatic rings. The van der Waals surface area contributed by atoms with Gasteiger partial charge >= 0.3 is 0 Å². The highest BCUT2D eigenvalue weighted by molar-refractivity contribution is 6.04. The lowest BCUT2D eigenvalue weighted by Gasteiger charge is -2.08. The predicted octanol–water partition coefficient (Wildman–Crippen LogP) is 4.85. The lowest BCUT2D eigenvalue weighted by Crippen LogP contribution is -2.14. The van der Waals surface area contributed by atoms with Crippen LogP contribution in [0.4, 0.5) is 10.1 Å². The zero-order valence-corrected chi connectivity index (χ0v) is 16.8. The van der Waals surface area contributed by atoms with Crippen molar-refractivity contribution in [1.29, 1.82) is 0 Å². The second-order valence-corrected chi connectivity index (χ2v) is 6.72. The summed E-state index contributed by atoms with van der Waals surface area (Å²) in [6, 6.07) is 22.4. The maximum Gasteiger partial charge on any atom is 0.280 e. The van der Waals surface area contributed by atoms with Gasteiger partial charge in [-0.2, -0.15) is 5.10 Å². The molecule has 0 atom stereocenters. The standard InChI is InChI=1S/C24H20FN3O3/c1-30-21-9-5-8-19(14-21)26-24(29)23-22(31-16-17-6-3-2-4-7-17)15-28(27-23)20-12-10-18(25)11-13-20/h2-15H,16H2,1H3,(H,26,29). The van der Waals surface area contributed by atoms with Crippen LogP contribution >= 0.6 is 0 Å². The van der Waals surface area contributed by atoms with Crippen molar-refractivity contribution >= 4 is 11.6 Å². The fourth-order valence-electron chi connectivity index (χ4n) is 2.97. The summed E-state index contributed by atoms with van der Waals surface area (Å²) in [5, 5.41) is 7.20. The highest BCUT2D eigenvalue weighted by Gasteiger charge is 2.20. The van der Waals surface area contributed by atoms with Gasteiger partial charge < -0.3 is 14.8 Å². The third-order valence-corrected chi connectivity index (χ3v) is 4.55. The molecule has 4 aromatic rings. The molecule has 0 spiro atoms. The van der Waals surface area contributed by atoms with Crippen molar-refractivity contribution in [3.63, 3.8) is 0 Å². The molecule has 0 bridgehead atoms. The van der Waals surface area contributed by atoms with Crippen molar-refractivity contribution < 1.29 is 18.7 Å². The largest absolute Gasteiger partial charge is 0.497 e. The Hall–Kier alpha value is -4.13. The lowest BCUT2D eigenvalue weighted by atomic mass is 10.2. The van der Waals surface area contributed by atoms with Crippen LogP contribution in [0, 0.1) is 5.82 Å². The van der Waals surface area contributed by atoms with E-state index < -0.39 is 5.91 Å². The van der Waals surface area contributed by atoms with Crippen LogP contribution in [0.2, 0.25) is 0 Å². The quantitative estimate of drug-likeness (QED) is 0.467. The average molecular weight is 417 g/mol. The SMILES string of the molecule is COc1cccc(NC(=O)c2nn(-c3ccc(F)cc3)cc2OCc2ccccc2)c1. The summed E-state index contributed by atoms with van der Waals surface area (Å²) in [5.74, 6) is 0.147. The topological polar surface area (TPSA) is 65.4 Å². The Bertz CT molecular complexity index is 1170. The van der Waals surface area contributed by atoms with Gasteiger partial charge in [-0.15, -0.1) is 0 Å². The Balaban J connectivity index is 1.62. The number of anilines is 1. The zero-order valence-electron chi connectivity index (χ0n) is 16.8. The van der Waals surface area contributed by atoms with Crippen molar-refractivity contribution in [3.8, 4) is 17.2 Å². The summed E-state index contributed by atoms with van der Waals surface area (Å²) in [6.45, 7) is 0.273. The normalized spacial score (nSPS) is 10.5. The summed E-state index contributed by atoms with van der Waals surface area (Å²) in [7, 11) is 1.56. The number of hydrogen-bond acceptors (Lipinski definition) is 4. The number of nitrogens with one attached hydrogen (secondary N) is 1. The molecule has 7 heteroatoms. The molecule has 0 fully saturated rings. The van der Waals surface area contributed by atoms with E-state index >= 15 is 0 Å². The molecule has 156 valence electrons. The summed E-state index contributed by atoms with van der Waals surface area (Å²) >= 11 is 0. The molecular weight excluding hydrogens is 397 g/mol. The first-order valence-corrected chi connectivity index (χ1v) is 9.60. The van der Waals surface area contributed by atoms with Gasteiger partial charge in [0.15, 0.2) is 11.4 Å². The number of amides is 1. The molecular formula is C24H20FN3O3. The van der Waals surface area contributed by atoms with Gasteiger partial charge in [-0.05, 0) is 42.0 Å². The molecule has 1 N–H and O–H groups in total. The summed E-state index contributed by atoms with van der Waals surface area (Å²) in [4.78, 5) is 13.0. The Morgan fingerprint density at radius 2 is 1.81 bits per heavy atom. The Morgan fingerprint density at radius 1 is 1.03 bits per heavy atom. The molecule has 3 aromatic carbocycles. The van der Waals surface area contributed by atoms with E-state index in [9.17, 15) is 9.18 Å². The van der Waals surface area contributed by atoms with Crippen LogP contribution in [0.25, 0.3) is 5.69 Å². The average Bonchev–Trinajstić information content (AvgIpc) is 3.23. The maximum absolute atomic E-state index is 13.3. The van der Waals surface area contributed by atoms with Gasteiger partial charge in [-0.3, -0.25) is 4.79 Å². The molecule has 0 saturated heterocycles. The Labute approximate surface area is 178 Å². The number of rotatable bonds is 7. The third kappa shape index (κ3) is 4.90. The maximum atomic E-state index is 13.3. The first-order valence-electron chi connectivity index (χ1n) is 9.60. The second-order valence-electron chi connectivity index (χ2n) is 6.72. The van der Waals surface area contributed by atoms with Crippen LogP contribution in [0.3, 0.4) is 0 Å². The second kappa shape index (κ2) is 9.13. The van der Waals surface area contributed by atoms with Crippen LogP contribution in [0.1, 0.15) is 16.1 Å². The fourth-order valence-corrected chi connectivity index (χ4v) is 2.97. The van der Waals surface area contributed by atoms with Crippen LogP contribution in [0.15, 0.2) is 85.1 Å². The summed E-state index contributed by atoms with van der Waals surface area (Å²) in [5.41, 5.74) is 2.24. The van der Waals surface area contributed by atoms with Crippen LogP contribution in [-0.2, 0) is 6.61 Å². The van der Waals surface area contributed by atoms with E-state index in [1.807, 2.05) is 30.3 Å². The molecule has 0 saturated carbocycles. The van der Waals surface area contributed by atoms with E-state index in [-0.39, 0.29) is 18.1 Å². The highest BCUT2D eigenvalue weighted by Crippen LogP contribution is 2.24. The first kappa shape index (κ1) is 20.2. The van der Waals surface area contributed by atoms with Crippen molar-refractivity contribution in [2.75, 3.05) is 12.4 Å². The van der Waals surface area contributed by atoms with Crippen molar-refractivity contribution in [2.45, 2.75) is 6.61 Å². The van der Waals surface area contributed by atoms with Gasteiger partial charge in [0.1, 0.15) is 18.2 Å². The van der Waals surface area contributed by atoms with Crippen molar-refractivity contribution in [1.82, 2.24) is 9.78 Å². The fraction of sp³-hybridized carbons (Fsp3) is 0.0833. The van der Waals surface area contributed by atoms with Crippen LogP contribution < -0.4 is 14.8 Å². The number of halogens is 1. The van der Waals surface area contributed by atoms with E-state index in [0.29, 0.717) is 22.9 Å². The molecule has 6 nitrogen and oxygen atoms in total. The summed E-state index contributed by atoms with van der Waals surface area (Å²) in [6.07, 6.45) is 1.61. The molecule has 1 heterocycles. The van der Waals surface area contributed by atoms with Crippen molar-refractivity contribution in [3.05, 3.63) is 102 Å². The van der Waals surface area contributed by atoms with Gasteiger partial charge in [-0.1, -0.05) is 36.4 Å².